The van der Waals surface area contributed by atoms with E-state index in [1.807, 2.05) is 13.8 Å². The standard InChI is InChI=1S/C13H22N2/c1-11-5-4-6-12(9-11)7-8-15-10-13(2,3)14/h4-6,9,15H,7-8,10,14H2,1-3H3. The van der Waals surface area contributed by atoms with Crippen LogP contribution in [-0.2, 0) is 6.42 Å². The third kappa shape index (κ3) is 5.55. The minimum Gasteiger partial charge on any atom is -0.324 e. The summed E-state index contributed by atoms with van der Waals surface area (Å²) in [7, 11) is 0. The van der Waals surface area contributed by atoms with Gasteiger partial charge in [0.25, 0.3) is 0 Å². The molecule has 0 saturated carbocycles. The summed E-state index contributed by atoms with van der Waals surface area (Å²) < 4.78 is 0. The van der Waals surface area contributed by atoms with E-state index in [-0.39, 0.29) is 5.54 Å². The summed E-state index contributed by atoms with van der Waals surface area (Å²) >= 11 is 0. The monoisotopic (exact) mass is 206 g/mol. The van der Waals surface area contributed by atoms with Gasteiger partial charge in [-0.2, -0.15) is 0 Å². The number of hydrogen-bond acceptors (Lipinski definition) is 2. The predicted octanol–water partition coefficient (Wildman–Crippen LogP) is 1.86. The van der Waals surface area contributed by atoms with Gasteiger partial charge in [0.15, 0.2) is 0 Å². The van der Waals surface area contributed by atoms with Gasteiger partial charge in [0.1, 0.15) is 0 Å². The van der Waals surface area contributed by atoms with Crippen LogP contribution in [-0.4, -0.2) is 18.6 Å². The van der Waals surface area contributed by atoms with Crippen molar-refractivity contribution >= 4 is 0 Å². The highest BCUT2D eigenvalue weighted by atomic mass is 14.9. The van der Waals surface area contributed by atoms with E-state index in [2.05, 4.69) is 36.5 Å². The van der Waals surface area contributed by atoms with Crippen molar-refractivity contribution in [1.29, 1.82) is 0 Å². The van der Waals surface area contributed by atoms with E-state index in [4.69, 9.17) is 5.73 Å². The average molecular weight is 206 g/mol. The summed E-state index contributed by atoms with van der Waals surface area (Å²) in [6.07, 6.45) is 1.07. The number of rotatable bonds is 5. The highest BCUT2D eigenvalue weighted by Gasteiger charge is 2.08. The highest BCUT2D eigenvalue weighted by Crippen LogP contribution is 2.04. The van der Waals surface area contributed by atoms with E-state index in [9.17, 15) is 0 Å². The van der Waals surface area contributed by atoms with E-state index >= 15 is 0 Å². The van der Waals surface area contributed by atoms with Gasteiger partial charge in [-0.1, -0.05) is 29.8 Å². The molecule has 0 unspecified atom stereocenters. The minimum atomic E-state index is -0.118. The van der Waals surface area contributed by atoms with Crippen LogP contribution in [0, 0.1) is 6.92 Å². The quantitative estimate of drug-likeness (QED) is 0.722. The van der Waals surface area contributed by atoms with Gasteiger partial charge in [-0.3, -0.25) is 0 Å². The molecule has 0 bridgehead atoms. The summed E-state index contributed by atoms with van der Waals surface area (Å²) in [6.45, 7) is 8.04. The summed E-state index contributed by atoms with van der Waals surface area (Å²) in [5, 5.41) is 3.37. The molecule has 0 aliphatic heterocycles. The SMILES string of the molecule is Cc1cccc(CCNCC(C)(C)N)c1. The number of benzene rings is 1. The highest BCUT2D eigenvalue weighted by molar-refractivity contribution is 5.22. The zero-order valence-electron chi connectivity index (χ0n) is 10.0. The second-order valence-electron chi connectivity index (χ2n) is 4.90. The Kier molecular flexibility index (Phi) is 4.30. The first-order valence-corrected chi connectivity index (χ1v) is 5.52. The number of aryl methyl sites for hydroxylation is 1. The molecule has 0 aromatic heterocycles. The molecule has 0 amide bonds. The zero-order chi connectivity index (χ0) is 11.3. The number of nitrogens with two attached hydrogens (primary N) is 1. The number of nitrogens with one attached hydrogen (secondary N) is 1. The Morgan fingerprint density at radius 2 is 2.07 bits per heavy atom. The van der Waals surface area contributed by atoms with Crippen LogP contribution in [0.25, 0.3) is 0 Å². The van der Waals surface area contributed by atoms with Crippen LogP contribution in [0.5, 0.6) is 0 Å². The Morgan fingerprint density at radius 1 is 1.33 bits per heavy atom. The molecule has 0 saturated heterocycles. The molecule has 0 radical (unpaired) electrons. The molecule has 1 aromatic rings. The molecule has 2 heteroatoms. The fourth-order valence-electron chi connectivity index (χ4n) is 1.51. The summed E-state index contributed by atoms with van der Waals surface area (Å²) in [5.74, 6) is 0. The maximum atomic E-state index is 5.88. The van der Waals surface area contributed by atoms with E-state index in [1.165, 1.54) is 11.1 Å². The van der Waals surface area contributed by atoms with Crippen molar-refractivity contribution in [3.8, 4) is 0 Å². The molecule has 3 N–H and O–H groups in total. The molecule has 1 rings (SSSR count). The van der Waals surface area contributed by atoms with E-state index in [0.29, 0.717) is 0 Å². The lowest BCUT2D eigenvalue weighted by Gasteiger charge is -2.18. The van der Waals surface area contributed by atoms with E-state index < -0.39 is 0 Å². The van der Waals surface area contributed by atoms with Crippen molar-refractivity contribution in [2.45, 2.75) is 32.7 Å². The van der Waals surface area contributed by atoms with Gasteiger partial charge in [0, 0.05) is 12.1 Å². The second kappa shape index (κ2) is 5.29. The van der Waals surface area contributed by atoms with Crippen molar-refractivity contribution in [2.24, 2.45) is 5.73 Å². The fourth-order valence-corrected chi connectivity index (χ4v) is 1.51. The van der Waals surface area contributed by atoms with Gasteiger partial charge in [0.05, 0.1) is 0 Å². The maximum Gasteiger partial charge on any atom is 0.0223 e. The van der Waals surface area contributed by atoms with Crippen molar-refractivity contribution in [3.05, 3.63) is 35.4 Å². The van der Waals surface area contributed by atoms with Crippen molar-refractivity contribution in [2.75, 3.05) is 13.1 Å². The summed E-state index contributed by atoms with van der Waals surface area (Å²) in [6, 6.07) is 8.63. The third-order valence-corrected chi connectivity index (χ3v) is 2.25. The molecular formula is C13H22N2. The van der Waals surface area contributed by atoms with Crippen LogP contribution in [0.3, 0.4) is 0 Å². The minimum absolute atomic E-state index is 0.118. The Labute approximate surface area is 92.9 Å². The molecule has 0 atom stereocenters. The molecule has 84 valence electrons. The Bertz CT molecular complexity index is 300. The second-order valence-corrected chi connectivity index (χ2v) is 4.90. The molecule has 1 aromatic carbocycles. The topological polar surface area (TPSA) is 38.0 Å². The summed E-state index contributed by atoms with van der Waals surface area (Å²) in [5.41, 5.74) is 8.47. The first kappa shape index (κ1) is 12.2. The molecule has 0 spiro atoms. The number of hydrogen-bond donors (Lipinski definition) is 2. The first-order valence-electron chi connectivity index (χ1n) is 5.52. The Morgan fingerprint density at radius 3 is 2.67 bits per heavy atom. The molecule has 0 aliphatic rings. The predicted molar refractivity (Wildman–Crippen MR) is 66.0 cm³/mol. The molecule has 2 nitrogen and oxygen atoms in total. The van der Waals surface area contributed by atoms with Crippen molar-refractivity contribution < 1.29 is 0 Å². The fraction of sp³-hybridized carbons (Fsp3) is 0.538. The van der Waals surface area contributed by atoms with Gasteiger partial charge in [-0.05, 0) is 39.3 Å². The van der Waals surface area contributed by atoms with Crippen molar-refractivity contribution in [1.82, 2.24) is 5.32 Å². The van der Waals surface area contributed by atoms with Gasteiger partial charge < -0.3 is 11.1 Å². The van der Waals surface area contributed by atoms with Crippen LogP contribution in [0.1, 0.15) is 25.0 Å². The normalized spacial score (nSPS) is 11.7. The van der Waals surface area contributed by atoms with Gasteiger partial charge in [-0.15, -0.1) is 0 Å². The third-order valence-electron chi connectivity index (χ3n) is 2.25. The molecular weight excluding hydrogens is 184 g/mol. The molecule has 0 heterocycles. The van der Waals surface area contributed by atoms with Crippen LogP contribution in [0.2, 0.25) is 0 Å². The van der Waals surface area contributed by atoms with Crippen LogP contribution in [0.15, 0.2) is 24.3 Å². The molecule has 0 aliphatic carbocycles. The Balaban J connectivity index is 2.26. The average Bonchev–Trinajstić information content (AvgIpc) is 2.11. The lowest BCUT2D eigenvalue weighted by atomic mass is 10.1. The van der Waals surface area contributed by atoms with Gasteiger partial charge in [-0.25, -0.2) is 0 Å². The van der Waals surface area contributed by atoms with Gasteiger partial charge in [0.2, 0.25) is 0 Å². The largest absolute Gasteiger partial charge is 0.324 e. The van der Waals surface area contributed by atoms with Crippen molar-refractivity contribution in [3.63, 3.8) is 0 Å². The van der Waals surface area contributed by atoms with Crippen LogP contribution < -0.4 is 11.1 Å². The lowest BCUT2D eigenvalue weighted by Crippen LogP contribution is -2.43. The lowest BCUT2D eigenvalue weighted by molar-refractivity contribution is 0.469. The van der Waals surface area contributed by atoms with E-state index in [0.717, 1.165) is 19.5 Å². The van der Waals surface area contributed by atoms with E-state index in [1.54, 1.807) is 0 Å². The maximum absolute atomic E-state index is 5.88. The summed E-state index contributed by atoms with van der Waals surface area (Å²) in [4.78, 5) is 0. The Hall–Kier alpha value is -0.860. The van der Waals surface area contributed by atoms with Crippen LogP contribution >= 0.6 is 0 Å². The smallest absolute Gasteiger partial charge is 0.0223 e. The molecule has 15 heavy (non-hydrogen) atoms. The van der Waals surface area contributed by atoms with Gasteiger partial charge >= 0.3 is 0 Å². The zero-order valence-corrected chi connectivity index (χ0v) is 10.0. The first-order chi connectivity index (χ1) is 6.97. The molecule has 0 fully saturated rings. The van der Waals surface area contributed by atoms with Crippen LogP contribution in [0.4, 0.5) is 0 Å².